The van der Waals surface area contributed by atoms with Crippen LogP contribution >= 0.6 is 0 Å². The van der Waals surface area contributed by atoms with E-state index in [0.29, 0.717) is 12.1 Å². The molecule has 15 heavy (non-hydrogen) atoms. The van der Waals surface area contributed by atoms with E-state index >= 15 is 0 Å². The first-order chi connectivity index (χ1) is 7.31. The van der Waals surface area contributed by atoms with Gasteiger partial charge in [0.1, 0.15) is 0 Å². The van der Waals surface area contributed by atoms with Gasteiger partial charge in [0.25, 0.3) is 0 Å². The van der Waals surface area contributed by atoms with Gasteiger partial charge in [0.05, 0.1) is 6.10 Å². The normalized spacial score (nSPS) is 37.6. The van der Waals surface area contributed by atoms with Crippen LogP contribution < -0.4 is 5.32 Å². The summed E-state index contributed by atoms with van der Waals surface area (Å²) in [6, 6.07) is 1.35. The molecule has 0 amide bonds. The molecule has 3 atom stereocenters. The minimum Gasteiger partial charge on any atom is -0.377 e. The maximum absolute atomic E-state index is 5.56. The average molecular weight is 212 g/mol. The summed E-state index contributed by atoms with van der Waals surface area (Å²) in [7, 11) is 0. The van der Waals surface area contributed by atoms with E-state index in [9.17, 15) is 0 Å². The van der Waals surface area contributed by atoms with E-state index < -0.39 is 0 Å². The second-order valence-corrected chi connectivity index (χ2v) is 4.80. The number of ether oxygens (including phenoxy) is 1. The Kier molecular flexibility index (Phi) is 4.00. The third-order valence-electron chi connectivity index (χ3n) is 3.90. The molecular formula is C12H24N2O. The van der Waals surface area contributed by atoms with Gasteiger partial charge in [-0.3, -0.25) is 4.90 Å². The molecule has 88 valence electrons. The molecule has 0 unspecified atom stereocenters. The standard InChI is InChI=1S/C12H24N2O/c1-3-14-7-4-5-11(14)9-13-12-6-8-15-10(12)2/h10-13H,3-9H2,1-2H3/t10-,11+,12+/m0/s1. The van der Waals surface area contributed by atoms with E-state index in [1.54, 1.807) is 0 Å². The smallest absolute Gasteiger partial charge is 0.0700 e. The SMILES string of the molecule is CCN1CCC[C@@H]1CN[C@@H]1CCO[C@H]1C. The molecule has 0 spiro atoms. The Balaban J connectivity index is 1.72. The zero-order valence-corrected chi connectivity index (χ0v) is 10.0. The molecule has 0 aromatic rings. The molecule has 1 N–H and O–H groups in total. The average Bonchev–Trinajstić information content (AvgIpc) is 2.83. The second kappa shape index (κ2) is 5.28. The molecule has 0 aromatic carbocycles. The van der Waals surface area contributed by atoms with Crippen LogP contribution in [0, 0.1) is 0 Å². The zero-order chi connectivity index (χ0) is 10.7. The molecule has 0 bridgehead atoms. The highest BCUT2D eigenvalue weighted by atomic mass is 16.5. The van der Waals surface area contributed by atoms with Gasteiger partial charge < -0.3 is 10.1 Å². The van der Waals surface area contributed by atoms with Gasteiger partial charge in [-0.25, -0.2) is 0 Å². The maximum atomic E-state index is 5.56. The molecule has 0 aromatic heterocycles. The van der Waals surface area contributed by atoms with Crippen LogP contribution in [0.25, 0.3) is 0 Å². The van der Waals surface area contributed by atoms with Gasteiger partial charge in [-0.2, -0.15) is 0 Å². The highest BCUT2D eigenvalue weighted by Gasteiger charge is 2.27. The van der Waals surface area contributed by atoms with Gasteiger partial charge in [0, 0.05) is 25.2 Å². The zero-order valence-electron chi connectivity index (χ0n) is 10.0. The summed E-state index contributed by atoms with van der Waals surface area (Å²) in [4.78, 5) is 2.59. The van der Waals surface area contributed by atoms with E-state index in [2.05, 4.69) is 24.1 Å². The van der Waals surface area contributed by atoms with Crippen molar-refractivity contribution in [2.75, 3.05) is 26.2 Å². The van der Waals surface area contributed by atoms with Crippen molar-refractivity contribution < 1.29 is 4.74 Å². The predicted octanol–water partition coefficient (Wildman–Crippen LogP) is 1.24. The predicted molar refractivity (Wildman–Crippen MR) is 62.1 cm³/mol. The second-order valence-electron chi connectivity index (χ2n) is 4.80. The fourth-order valence-electron chi connectivity index (χ4n) is 2.83. The van der Waals surface area contributed by atoms with Crippen molar-refractivity contribution in [2.45, 2.75) is 51.3 Å². The third kappa shape index (κ3) is 2.71. The van der Waals surface area contributed by atoms with E-state index in [1.165, 1.54) is 32.4 Å². The first-order valence-electron chi connectivity index (χ1n) is 6.40. The summed E-state index contributed by atoms with van der Waals surface area (Å²) in [5.41, 5.74) is 0. The Bertz CT molecular complexity index is 198. The first-order valence-corrected chi connectivity index (χ1v) is 6.40. The van der Waals surface area contributed by atoms with E-state index in [0.717, 1.165) is 19.2 Å². The molecule has 2 fully saturated rings. The van der Waals surface area contributed by atoms with Crippen molar-refractivity contribution in [1.29, 1.82) is 0 Å². The summed E-state index contributed by atoms with van der Waals surface area (Å²) in [5, 5.41) is 3.67. The maximum Gasteiger partial charge on any atom is 0.0700 e. The lowest BCUT2D eigenvalue weighted by Crippen LogP contribution is -2.43. The largest absolute Gasteiger partial charge is 0.377 e. The number of nitrogens with zero attached hydrogens (tertiary/aromatic N) is 1. The lowest BCUT2D eigenvalue weighted by Gasteiger charge is -2.25. The molecule has 0 saturated carbocycles. The van der Waals surface area contributed by atoms with Gasteiger partial charge in [0.2, 0.25) is 0 Å². The fourth-order valence-corrected chi connectivity index (χ4v) is 2.83. The van der Waals surface area contributed by atoms with Crippen molar-refractivity contribution in [1.82, 2.24) is 10.2 Å². The highest BCUT2D eigenvalue weighted by Crippen LogP contribution is 2.17. The van der Waals surface area contributed by atoms with Crippen LogP contribution in [0.1, 0.15) is 33.1 Å². The quantitative estimate of drug-likeness (QED) is 0.759. The minimum atomic E-state index is 0.404. The van der Waals surface area contributed by atoms with Crippen molar-refractivity contribution >= 4 is 0 Å². The van der Waals surface area contributed by atoms with Crippen LogP contribution in [-0.4, -0.2) is 49.3 Å². The number of rotatable bonds is 4. The van der Waals surface area contributed by atoms with Gasteiger partial charge in [-0.1, -0.05) is 6.92 Å². The molecule has 0 radical (unpaired) electrons. The van der Waals surface area contributed by atoms with Crippen LogP contribution in [0.4, 0.5) is 0 Å². The highest BCUT2D eigenvalue weighted by molar-refractivity contribution is 4.85. The minimum absolute atomic E-state index is 0.404. The van der Waals surface area contributed by atoms with E-state index in [-0.39, 0.29) is 0 Å². The number of likely N-dealkylation sites (tertiary alicyclic amines) is 1. The summed E-state index contributed by atoms with van der Waals surface area (Å²) >= 11 is 0. The lowest BCUT2D eigenvalue weighted by atomic mass is 10.1. The van der Waals surface area contributed by atoms with Gasteiger partial charge in [-0.15, -0.1) is 0 Å². The molecule has 2 rings (SSSR count). The molecule has 3 heteroatoms. The van der Waals surface area contributed by atoms with Gasteiger partial charge >= 0.3 is 0 Å². The summed E-state index contributed by atoms with van der Waals surface area (Å²) in [6.07, 6.45) is 4.32. The van der Waals surface area contributed by atoms with Crippen molar-refractivity contribution in [2.24, 2.45) is 0 Å². The Morgan fingerprint density at radius 1 is 1.40 bits per heavy atom. The molecule has 2 aliphatic heterocycles. The van der Waals surface area contributed by atoms with Crippen LogP contribution in [0.5, 0.6) is 0 Å². The monoisotopic (exact) mass is 212 g/mol. The van der Waals surface area contributed by atoms with Crippen LogP contribution in [0.2, 0.25) is 0 Å². The van der Waals surface area contributed by atoms with Crippen molar-refractivity contribution in [3.63, 3.8) is 0 Å². The topological polar surface area (TPSA) is 24.5 Å². The Labute approximate surface area is 93.2 Å². The van der Waals surface area contributed by atoms with Crippen molar-refractivity contribution in [3.05, 3.63) is 0 Å². The van der Waals surface area contributed by atoms with Crippen LogP contribution in [0.3, 0.4) is 0 Å². The number of likely N-dealkylation sites (N-methyl/N-ethyl adjacent to an activating group) is 1. The van der Waals surface area contributed by atoms with Gasteiger partial charge in [0.15, 0.2) is 0 Å². The molecule has 2 aliphatic rings. The summed E-state index contributed by atoms with van der Waals surface area (Å²) in [5.74, 6) is 0. The third-order valence-corrected chi connectivity index (χ3v) is 3.90. The number of hydrogen-bond donors (Lipinski definition) is 1. The lowest BCUT2D eigenvalue weighted by molar-refractivity contribution is 0.111. The Hall–Kier alpha value is -0.120. The number of hydrogen-bond acceptors (Lipinski definition) is 3. The van der Waals surface area contributed by atoms with Crippen LogP contribution in [-0.2, 0) is 4.74 Å². The van der Waals surface area contributed by atoms with Crippen LogP contribution in [0.15, 0.2) is 0 Å². The molecule has 2 saturated heterocycles. The first kappa shape index (κ1) is 11.4. The molecule has 2 heterocycles. The number of nitrogens with one attached hydrogen (secondary N) is 1. The molecule has 0 aliphatic carbocycles. The molecule has 3 nitrogen and oxygen atoms in total. The fraction of sp³-hybridized carbons (Fsp3) is 1.00. The Morgan fingerprint density at radius 3 is 2.93 bits per heavy atom. The van der Waals surface area contributed by atoms with E-state index in [1.807, 2.05) is 0 Å². The van der Waals surface area contributed by atoms with Gasteiger partial charge in [-0.05, 0) is 39.3 Å². The summed E-state index contributed by atoms with van der Waals surface area (Å²) in [6.45, 7) is 9.01. The Morgan fingerprint density at radius 2 is 2.27 bits per heavy atom. The van der Waals surface area contributed by atoms with E-state index in [4.69, 9.17) is 4.74 Å². The summed E-state index contributed by atoms with van der Waals surface area (Å²) < 4.78 is 5.56. The molecular weight excluding hydrogens is 188 g/mol. The van der Waals surface area contributed by atoms with Crippen molar-refractivity contribution in [3.8, 4) is 0 Å².